The number of nitrogens with zero attached hydrogens (tertiary/aromatic N) is 1. The third kappa shape index (κ3) is 4.44. The zero-order valence-corrected chi connectivity index (χ0v) is 15.9. The van der Waals surface area contributed by atoms with Crippen molar-refractivity contribution >= 4 is 28.8 Å². The van der Waals surface area contributed by atoms with Gasteiger partial charge < -0.3 is 19.1 Å². The van der Waals surface area contributed by atoms with E-state index < -0.39 is 0 Å². The molecule has 0 amide bonds. The molecule has 0 aromatic heterocycles. The summed E-state index contributed by atoms with van der Waals surface area (Å²) in [6.07, 6.45) is 0. The molecule has 138 valence electrons. The highest BCUT2D eigenvalue weighted by atomic mass is 35.5. The normalized spacial score (nSPS) is 14.2. The summed E-state index contributed by atoms with van der Waals surface area (Å²) in [7, 11) is 1.55. The van der Waals surface area contributed by atoms with Crippen LogP contribution in [0.25, 0.3) is 0 Å². The van der Waals surface area contributed by atoms with Crippen LogP contribution in [0.15, 0.2) is 36.4 Å². The number of methoxy groups -OCH3 is 1. The van der Waals surface area contributed by atoms with E-state index in [0.717, 1.165) is 24.2 Å². The van der Waals surface area contributed by atoms with Gasteiger partial charge in [0, 0.05) is 18.7 Å². The summed E-state index contributed by atoms with van der Waals surface area (Å²) in [4.78, 5) is 2.79. The molecule has 0 aliphatic carbocycles. The fraction of sp³-hybridized carbons (Fsp3) is 0.316. The summed E-state index contributed by atoms with van der Waals surface area (Å²) >= 11 is 12.0. The van der Waals surface area contributed by atoms with Gasteiger partial charge in [-0.05, 0) is 29.8 Å². The molecule has 1 aliphatic rings. The van der Waals surface area contributed by atoms with E-state index in [2.05, 4.69) is 4.90 Å². The van der Waals surface area contributed by atoms with E-state index >= 15 is 0 Å². The average Bonchev–Trinajstić information content (AvgIpc) is 2.68. The van der Waals surface area contributed by atoms with Gasteiger partial charge in [0.2, 0.25) is 0 Å². The molecule has 0 atom stereocenters. The lowest BCUT2D eigenvalue weighted by Gasteiger charge is -2.29. The number of hydrogen-bond acceptors (Lipinski definition) is 4. The molecule has 0 saturated carbocycles. The first-order chi connectivity index (χ1) is 12.6. The van der Waals surface area contributed by atoms with E-state index in [1.54, 1.807) is 25.3 Å². The third-order valence-electron chi connectivity index (χ3n) is 4.07. The number of thiocarbonyl (C=S) groups is 1. The summed E-state index contributed by atoms with van der Waals surface area (Å²) in [5.41, 5.74) is 1.63. The van der Waals surface area contributed by atoms with Gasteiger partial charge in [0.1, 0.15) is 17.4 Å². The predicted molar refractivity (Wildman–Crippen MR) is 103 cm³/mol. The first kappa shape index (κ1) is 18.9. The Bertz CT molecular complexity index is 779. The zero-order chi connectivity index (χ0) is 18.5. The van der Waals surface area contributed by atoms with Crippen molar-refractivity contribution in [1.29, 1.82) is 0 Å². The summed E-state index contributed by atoms with van der Waals surface area (Å²) in [6, 6.07) is 9.71. The van der Waals surface area contributed by atoms with Gasteiger partial charge in [-0.2, -0.15) is 0 Å². The minimum atomic E-state index is -0.287. The highest BCUT2D eigenvalue weighted by molar-refractivity contribution is 7.80. The van der Waals surface area contributed by atoms with Crippen LogP contribution in [0.4, 0.5) is 4.39 Å². The second kappa shape index (κ2) is 8.66. The van der Waals surface area contributed by atoms with Crippen LogP contribution >= 0.6 is 23.8 Å². The predicted octanol–water partition coefficient (Wildman–Crippen LogP) is 4.07. The van der Waals surface area contributed by atoms with E-state index in [9.17, 15) is 4.39 Å². The average molecular weight is 396 g/mol. The molecule has 1 heterocycles. The largest absolute Gasteiger partial charge is 0.493 e. The lowest BCUT2D eigenvalue weighted by atomic mass is 10.1. The number of hydrogen-bond donors (Lipinski definition) is 0. The van der Waals surface area contributed by atoms with Gasteiger partial charge in [-0.1, -0.05) is 36.0 Å². The third-order valence-corrected chi connectivity index (χ3v) is 4.85. The molecular weight excluding hydrogens is 377 g/mol. The van der Waals surface area contributed by atoms with Gasteiger partial charge in [0.05, 0.1) is 25.3 Å². The Labute approximate surface area is 162 Å². The Morgan fingerprint density at radius 1 is 1.23 bits per heavy atom. The molecule has 0 unspecified atom stereocenters. The number of halogens is 2. The molecule has 0 spiro atoms. The Hall–Kier alpha value is -1.89. The maximum atomic E-state index is 13.0. The summed E-state index contributed by atoms with van der Waals surface area (Å²) < 4.78 is 29.6. The molecule has 0 bridgehead atoms. The molecule has 1 saturated heterocycles. The minimum absolute atomic E-state index is 0.254. The van der Waals surface area contributed by atoms with Crippen LogP contribution in [-0.4, -0.2) is 43.3 Å². The topological polar surface area (TPSA) is 30.9 Å². The molecule has 7 heteroatoms. The zero-order valence-electron chi connectivity index (χ0n) is 14.3. The van der Waals surface area contributed by atoms with Crippen molar-refractivity contribution in [2.75, 3.05) is 33.4 Å². The van der Waals surface area contributed by atoms with Crippen molar-refractivity contribution in [2.24, 2.45) is 0 Å². The van der Waals surface area contributed by atoms with Crippen molar-refractivity contribution in [3.63, 3.8) is 0 Å². The van der Waals surface area contributed by atoms with Gasteiger partial charge >= 0.3 is 0 Å². The lowest BCUT2D eigenvalue weighted by Crippen LogP contribution is -2.40. The Morgan fingerprint density at radius 3 is 2.58 bits per heavy atom. The van der Waals surface area contributed by atoms with Crippen LogP contribution in [-0.2, 0) is 11.3 Å². The van der Waals surface area contributed by atoms with Crippen LogP contribution in [0.3, 0.4) is 0 Å². The van der Waals surface area contributed by atoms with Gasteiger partial charge in [-0.25, -0.2) is 4.39 Å². The van der Waals surface area contributed by atoms with Crippen molar-refractivity contribution in [1.82, 2.24) is 4.90 Å². The molecule has 0 radical (unpaired) electrons. The van der Waals surface area contributed by atoms with E-state index in [4.69, 9.17) is 38.0 Å². The number of rotatable bonds is 5. The quantitative estimate of drug-likeness (QED) is 0.712. The molecule has 2 aromatic carbocycles. The lowest BCUT2D eigenvalue weighted by molar-refractivity contribution is 0.0693. The first-order valence-corrected chi connectivity index (χ1v) is 8.99. The highest BCUT2D eigenvalue weighted by Gasteiger charge is 2.19. The number of benzene rings is 2. The molecule has 2 aromatic rings. The summed E-state index contributed by atoms with van der Waals surface area (Å²) in [5.74, 6) is 0.655. The SMILES string of the molecule is COc1cc(C(=S)N2CCOCC2)cc(Cl)c1OCc1ccc(F)cc1. The molecule has 4 nitrogen and oxygen atoms in total. The van der Waals surface area contributed by atoms with Crippen LogP contribution in [0, 0.1) is 5.82 Å². The number of morpholine rings is 1. The van der Waals surface area contributed by atoms with Crippen molar-refractivity contribution < 1.29 is 18.6 Å². The van der Waals surface area contributed by atoms with Crippen molar-refractivity contribution in [3.8, 4) is 11.5 Å². The van der Waals surface area contributed by atoms with Gasteiger partial charge in [0.15, 0.2) is 11.5 Å². The Kier molecular flexibility index (Phi) is 6.29. The highest BCUT2D eigenvalue weighted by Crippen LogP contribution is 2.37. The molecular formula is C19H19ClFNO3S. The van der Waals surface area contributed by atoms with Crippen LogP contribution < -0.4 is 9.47 Å². The van der Waals surface area contributed by atoms with Gasteiger partial charge in [-0.3, -0.25) is 0 Å². The standard InChI is InChI=1S/C19H19ClFNO3S/c1-23-17-11-14(19(26)22-6-8-24-9-7-22)10-16(20)18(17)25-12-13-2-4-15(21)5-3-13/h2-5,10-11H,6-9,12H2,1H3. The smallest absolute Gasteiger partial charge is 0.180 e. The second-order valence-electron chi connectivity index (χ2n) is 5.81. The van der Waals surface area contributed by atoms with E-state index in [1.807, 2.05) is 6.07 Å². The van der Waals surface area contributed by atoms with E-state index in [0.29, 0.717) is 34.7 Å². The molecule has 0 N–H and O–H groups in total. The Morgan fingerprint density at radius 2 is 1.92 bits per heavy atom. The summed E-state index contributed by atoms with van der Waals surface area (Å²) in [6.45, 7) is 3.07. The van der Waals surface area contributed by atoms with Gasteiger partial charge in [-0.15, -0.1) is 0 Å². The molecule has 1 aliphatic heterocycles. The van der Waals surface area contributed by atoms with E-state index in [1.165, 1.54) is 12.1 Å². The van der Waals surface area contributed by atoms with E-state index in [-0.39, 0.29) is 12.4 Å². The maximum Gasteiger partial charge on any atom is 0.180 e. The Balaban J connectivity index is 1.78. The number of ether oxygens (including phenoxy) is 3. The molecule has 1 fully saturated rings. The molecule has 26 heavy (non-hydrogen) atoms. The second-order valence-corrected chi connectivity index (χ2v) is 6.60. The van der Waals surface area contributed by atoms with Crippen LogP contribution in [0.1, 0.15) is 11.1 Å². The van der Waals surface area contributed by atoms with Crippen molar-refractivity contribution in [2.45, 2.75) is 6.61 Å². The summed E-state index contributed by atoms with van der Waals surface area (Å²) in [5, 5.41) is 0.414. The maximum absolute atomic E-state index is 13.0. The van der Waals surface area contributed by atoms with Gasteiger partial charge in [0.25, 0.3) is 0 Å². The van der Waals surface area contributed by atoms with Crippen LogP contribution in [0.2, 0.25) is 5.02 Å². The fourth-order valence-electron chi connectivity index (χ4n) is 2.67. The first-order valence-electron chi connectivity index (χ1n) is 8.20. The fourth-order valence-corrected chi connectivity index (χ4v) is 3.23. The molecule has 3 rings (SSSR count). The minimum Gasteiger partial charge on any atom is -0.493 e. The van der Waals surface area contributed by atoms with Crippen LogP contribution in [0.5, 0.6) is 11.5 Å². The van der Waals surface area contributed by atoms with Crippen molar-refractivity contribution in [3.05, 3.63) is 58.4 Å². The monoisotopic (exact) mass is 395 g/mol.